The summed E-state index contributed by atoms with van der Waals surface area (Å²) in [5, 5.41) is 3.47. The van der Waals surface area contributed by atoms with E-state index < -0.39 is 0 Å². The average Bonchev–Trinajstić information content (AvgIpc) is 2.30. The van der Waals surface area contributed by atoms with E-state index in [2.05, 4.69) is 49.5 Å². The number of rotatable bonds is 7. The van der Waals surface area contributed by atoms with Crippen LogP contribution >= 0.6 is 0 Å². The van der Waals surface area contributed by atoms with Crippen LogP contribution in [0.3, 0.4) is 0 Å². The maximum atomic E-state index is 5.68. The number of benzene rings is 1. The highest BCUT2D eigenvalue weighted by Gasteiger charge is 2.13. The molecule has 0 radical (unpaired) electrons. The van der Waals surface area contributed by atoms with Crippen molar-refractivity contribution in [3.05, 3.63) is 35.9 Å². The van der Waals surface area contributed by atoms with Gasteiger partial charge in [0.05, 0.1) is 0 Å². The molecule has 0 aromatic heterocycles. The van der Waals surface area contributed by atoms with E-state index in [1.807, 2.05) is 0 Å². The van der Waals surface area contributed by atoms with Crippen molar-refractivity contribution in [3.63, 3.8) is 0 Å². The summed E-state index contributed by atoms with van der Waals surface area (Å²) in [6.07, 6.45) is 2.24. The molecule has 0 heterocycles. The molecule has 2 heteroatoms. The Morgan fingerprint density at radius 1 is 1.12 bits per heavy atom. The van der Waals surface area contributed by atoms with Gasteiger partial charge in [0.25, 0.3) is 0 Å². The van der Waals surface area contributed by atoms with Crippen LogP contribution in [-0.4, -0.2) is 19.6 Å². The predicted molar refractivity (Wildman–Crippen MR) is 70.5 cm³/mol. The van der Waals surface area contributed by atoms with Gasteiger partial charge in [-0.2, -0.15) is 0 Å². The maximum Gasteiger partial charge on any atom is -0.000835 e. The molecule has 0 fully saturated rings. The molecular weight excluding hydrogens is 196 g/mol. The molecule has 1 aromatic rings. The second kappa shape index (κ2) is 6.66. The molecule has 0 amide bonds. The van der Waals surface area contributed by atoms with Crippen LogP contribution in [0.1, 0.15) is 25.8 Å². The Hall–Kier alpha value is -0.860. The highest BCUT2D eigenvalue weighted by molar-refractivity contribution is 5.14. The van der Waals surface area contributed by atoms with Crippen molar-refractivity contribution in [2.75, 3.05) is 19.6 Å². The normalized spacial score (nSPS) is 11.7. The second-order valence-electron chi connectivity index (χ2n) is 5.10. The minimum atomic E-state index is 0.264. The van der Waals surface area contributed by atoms with Crippen molar-refractivity contribution >= 4 is 0 Å². The van der Waals surface area contributed by atoms with Crippen LogP contribution < -0.4 is 11.1 Å². The Labute approximate surface area is 99.2 Å². The smallest absolute Gasteiger partial charge is 0.000835 e. The van der Waals surface area contributed by atoms with Gasteiger partial charge in [0, 0.05) is 0 Å². The molecule has 2 nitrogen and oxygen atoms in total. The van der Waals surface area contributed by atoms with Gasteiger partial charge < -0.3 is 11.1 Å². The lowest BCUT2D eigenvalue weighted by Crippen LogP contribution is -2.29. The fourth-order valence-electron chi connectivity index (χ4n) is 1.53. The third-order valence-electron chi connectivity index (χ3n) is 2.96. The lowest BCUT2D eigenvalue weighted by Gasteiger charge is -2.22. The summed E-state index contributed by atoms with van der Waals surface area (Å²) >= 11 is 0. The van der Waals surface area contributed by atoms with Crippen molar-refractivity contribution in [1.82, 2.24) is 5.32 Å². The molecule has 0 aliphatic heterocycles. The van der Waals surface area contributed by atoms with Crippen LogP contribution in [0.5, 0.6) is 0 Å². The summed E-state index contributed by atoms with van der Waals surface area (Å²) < 4.78 is 0. The van der Waals surface area contributed by atoms with Crippen LogP contribution in [0.25, 0.3) is 0 Å². The summed E-state index contributed by atoms with van der Waals surface area (Å²) in [7, 11) is 0. The lowest BCUT2D eigenvalue weighted by atomic mass is 9.90. The minimum Gasteiger partial charge on any atom is -0.330 e. The molecule has 0 atom stereocenters. The van der Waals surface area contributed by atoms with Crippen LogP contribution in [0.15, 0.2) is 30.3 Å². The zero-order valence-electron chi connectivity index (χ0n) is 10.5. The minimum absolute atomic E-state index is 0.264. The van der Waals surface area contributed by atoms with Crippen molar-refractivity contribution in [1.29, 1.82) is 0 Å². The first-order valence-electron chi connectivity index (χ1n) is 6.09. The SMILES string of the molecule is CC(C)(CN)CCNCCc1ccccc1. The molecule has 90 valence electrons. The molecule has 0 spiro atoms. The van der Waals surface area contributed by atoms with E-state index in [1.165, 1.54) is 5.56 Å². The zero-order chi connectivity index (χ0) is 11.9. The Morgan fingerprint density at radius 2 is 1.81 bits per heavy atom. The van der Waals surface area contributed by atoms with Crippen LogP contribution in [0.2, 0.25) is 0 Å². The first-order valence-corrected chi connectivity index (χ1v) is 6.09. The summed E-state index contributed by atoms with van der Waals surface area (Å²) in [5.74, 6) is 0. The monoisotopic (exact) mass is 220 g/mol. The quantitative estimate of drug-likeness (QED) is 0.691. The first-order chi connectivity index (χ1) is 7.64. The van der Waals surface area contributed by atoms with Gasteiger partial charge in [-0.3, -0.25) is 0 Å². The molecule has 16 heavy (non-hydrogen) atoms. The third kappa shape index (κ3) is 5.29. The van der Waals surface area contributed by atoms with E-state index in [1.54, 1.807) is 0 Å². The van der Waals surface area contributed by atoms with Gasteiger partial charge in [-0.1, -0.05) is 44.2 Å². The molecule has 0 saturated carbocycles. The molecular formula is C14H24N2. The molecule has 0 aliphatic rings. The summed E-state index contributed by atoms with van der Waals surface area (Å²) in [6, 6.07) is 10.6. The molecule has 0 bridgehead atoms. The Bertz CT molecular complexity index is 280. The van der Waals surface area contributed by atoms with E-state index in [0.717, 1.165) is 32.5 Å². The van der Waals surface area contributed by atoms with Gasteiger partial charge in [-0.15, -0.1) is 0 Å². The number of nitrogens with one attached hydrogen (secondary N) is 1. The topological polar surface area (TPSA) is 38.0 Å². The predicted octanol–water partition coefficient (Wildman–Crippen LogP) is 2.19. The van der Waals surface area contributed by atoms with Crippen molar-refractivity contribution < 1.29 is 0 Å². The van der Waals surface area contributed by atoms with Crippen molar-refractivity contribution in [2.24, 2.45) is 11.1 Å². The molecule has 1 rings (SSSR count). The van der Waals surface area contributed by atoms with Gasteiger partial charge in [0.15, 0.2) is 0 Å². The first kappa shape index (κ1) is 13.2. The van der Waals surface area contributed by atoms with E-state index in [4.69, 9.17) is 5.73 Å². The summed E-state index contributed by atoms with van der Waals surface area (Å²) in [4.78, 5) is 0. The summed E-state index contributed by atoms with van der Waals surface area (Å²) in [6.45, 7) is 7.28. The highest BCUT2D eigenvalue weighted by Crippen LogP contribution is 2.16. The number of hydrogen-bond donors (Lipinski definition) is 2. The number of hydrogen-bond acceptors (Lipinski definition) is 2. The van der Waals surface area contributed by atoms with Crippen LogP contribution in [-0.2, 0) is 6.42 Å². The van der Waals surface area contributed by atoms with E-state index in [-0.39, 0.29) is 5.41 Å². The van der Waals surface area contributed by atoms with E-state index in [9.17, 15) is 0 Å². The van der Waals surface area contributed by atoms with Gasteiger partial charge >= 0.3 is 0 Å². The summed E-state index contributed by atoms with van der Waals surface area (Å²) in [5.41, 5.74) is 7.34. The third-order valence-corrected chi connectivity index (χ3v) is 2.96. The van der Waals surface area contributed by atoms with Gasteiger partial charge in [-0.25, -0.2) is 0 Å². The second-order valence-corrected chi connectivity index (χ2v) is 5.10. The lowest BCUT2D eigenvalue weighted by molar-refractivity contribution is 0.340. The molecule has 1 aromatic carbocycles. The van der Waals surface area contributed by atoms with Gasteiger partial charge in [0.1, 0.15) is 0 Å². The van der Waals surface area contributed by atoms with Crippen LogP contribution in [0.4, 0.5) is 0 Å². The molecule has 0 unspecified atom stereocenters. The van der Waals surface area contributed by atoms with Crippen molar-refractivity contribution in [2.45, 2.75) is 26.7 Å². The van der Waals surface area contributed by atoms with Crippen LogP contribution in [0, 0.1) is 5.41 Å². The van der Waals surface area contributed by atoms with Gasteiger partial charge in [0.2, 0.25) is 0 Å². The Kier molecular flexibility index (Phi) is 5.50. The Balaban J connectivity index is 2.09. The zero-order valence-corrected chi connectivity index (χ0v) is 10.5. The standard InChI is InChI=1S/C14H24N2/c1-14(2,12-15)9-11-16-10-8-13-6-4-3-5-7-13/h3-7,16H,8-12,15H2,1-2H3. The fraction of sp³-hybridized carbons (Fsp3) is 0.571. The molecule has 3 N–H and O–H groups in total. The van der Waals surface area contributed by atoms with Gasteiger partial charge in [-0.05, 0) is 43.5 Å². The number of nitrogens with two attached hydrogens (primary N) is 1. The average molecular weight is 220 g/mol. The van der Waals surface area contributed by atoms with E-state index in [0.29, 0.717) is 0 Å². The maximum absolute atomic E-state index is 5.68. The Morgan fingerprint density at radius 3 is 2.44 bits per heavy atom. The molecule has 0 aliphatic carbocycles. The largest absolute Gasteiger partial charge is 0.330 e. The van der Waals surface area contributed by atoms with E-state index >= 15 is 0 Å². The fourth-order valence-corrected chi connectivity index (χ4v) is 1.53. The van der Waals surface area contributed by atoms with Crippen molar-refractivity contribution in [3.8, 4) is 0 Å². The highest BCUT2D eigenvalue weighted by atomic mass is 14.8. The molecule has 0 saturated heterocycles.